The fourth-order valence-corrected chi connectivity index (χ4v) is 4.61. The second kappa shape index (κ2) is 10.9. The molecule has 190 valence electrons. The highest BCUT2D eigenvalue weighted by molar-refractivity contribution is 5.94. The molecular weight excluding hydrogens is 468 g/mol. The molecule has 0 aliphatic carbocycles. The van der Waals surface area contributed by atoms with E-state index in [1.807, 2.05) is 62.5 Å². The van der Waals surface area contributed by atoms with E-state index in [0.29, 0.717) is 30.0 Å². The first-order valence-corrected chi connectivity index (χ1v) is 12.4. The molecule has 0 atom stereocenters. The molecule has 1 aliphatic heterocycles. The molecule has 1 fully saturated rings. The molecule has 1 aliphatic rings. The largest absolute Gasteiger partial charge is 0.489 e. The number of nitrogens with zero attached hydrogens (tertiary/aromatic N) is 2. The van der Waals surface area contributed by atoms with Gasteiger partial charge in [0.15, 0.2) is 0 Å². The molecule has 0 radical (unpaired) electrons. The van der Waals surface area contributed by atoms with Crippen molar-refractivity contribution in [3.8, 4) is 5.75 Å². The quantitative estimate of drug-likeness (QED) is 0.341. The van der Waals surface area contributed by atoms with Gasteiger partial charge in [0.2, 0.25) is 0 Å². The van der Waals surface area contributed by atoms with Crippen LogP contribution in [0.2, 0.25) is 0 Å². The van der Waals surface area contributed by atoms with E-state index < -0.39 is 0 Å². The number of anilines is 1. The molecule has 3 aromatic carbocycles. The highest BCUT2D eigenvalue weighted by atomic mass is 16.5. The van der Waals surface area contributed by atoms with Crippen LogP contribution in [0.1, 0.15) is 27.0 Å². The zero-order chi connectivity index (χ0) is 25.8. The third kappa shape index (κ3) is 5.67. The smallest absolute Gasteiger partial charge is 0.336 e. The molecule has 5 rings (SSSR count). The number of amides is 1. The monoisotopic (exact) mass is 498 g/mol. The Kier molecular flexibility index (Phi) is 7.23. The lowest BCUT2D eigenvalue weighted by molar-refractivity contribution is 0.0784. The molecule has 7 nitrogen and oxygen atoms in total. The molecule has 0 N–H and O–H groups in total. The number of hydrogen-bond donors (Lipinski definition) is 0. The van der Waals surface area contributed by atoms with Crippen molar-refractivity contribution in [2.75, 3.05) is 38.3 Å². The Morgan fingerprint density at radius 2 is 1.76 bits per heavy atom. The topological polar surface area (TPSA) is 72.2 Å². The number of hydrogen-bond acceptors (Lipinski definition) is 6. The molecule has 2 heterocycles. The summed E-state index contributed by atoms with van der Waals surface area (Å²) in [5, 5.41) is 0.881. The maximum atomic E-state index is 13.1. The summed E-state index contributed by atoms with van der Waals surface area (Å²) in [7, 11) is 1.83. The molecule has 1 aromatic heterocycles. The van der Waals surface area contributed by atoms with Gasteiger partial charge in [-0.1, -0.05) is 30.3 Å². The normalized spacial score (nSPS) is 13.5. The summed E-state index contributed by atoms with van der Waals surface area (Å²) in [4.78, 5) is 28.9. The maximum absolute atomic E-state index is 13.1. The lowest BCUT2D eigenvalue weighted by Crippen LogP contribution is -2.37. The Hall–Kier alpha value is -4.10. The van der Waals surface area contributed by atoms with E-state index in [-0.39, 0.29) is 11.5 Å². The third-order valence-electron chi connectivity index (χ3n) is 6.63. The highest BCUT2D eigenvalue weighted by Gasteiger charge is 2.18. The molecule has 0 unspecified atom stereocenters. The maximum Gasteiger partial charge on any atom is 0.336 e. The second-order valence-electron chi connectivity index (χ2n) is 9.28. The summed E-state index contributed by atoms with van der Waals surface area (Å²) in [5.41, 5.74) is 4.82. The van der Waals surface area contributed by atoms with Crippen molar-refractivity contribution in [2.45, 2.75) is 20.1 Å². The van der Waals surface area contributed by atoms with Crippen molar-refractivity contribution in [1.29, 1.82) is 0 Å². The zero-order valence-corrected chi connectivity index (χ0v) is 21.1. The van der Waals surface area contributed by atoms with Gasteiger partial charge in [0.1, 0.15) is 17.9 Å². The first kappa shape index (κ1) is 24.6. The van der Waals surface area contributed by atoms with Crippen LogP contribution >= 0.6 is 0 Å². The third-order valence-corrected chi connectivity index (χ3v) is 6.63. The number of fused-ring (bicyclic) bond motifs is 1. The van der Waals surface area contributed by atoms with Crippen molar-refractivity contribution >= 4 is 22.6 Å². The SMILES string of the molecule is Cc1cc(=O)oc2cc(OCc3ccc(C(=O)N(C)Cc4ccccc4N4CCOCC4)cc3)ccc12. The zero-order valence-electron chi connectivity index (χ0n) is 21.1. The van der Waals surface area contributed by atoms with E-state index in [1.54, 1.807) is 11.0 Å². The van der Waals surface area contributed by atoms with Crippen LogP contribution in [0, 0.1) is 6.92 Å². The van der Waals surface area contributed by atoms with Crippen LogP contribution < -0.4 is 15.3 Å². The molecule has 7 heteroatoms. The van der Waals surface area contributed by atoms with Crippen molar-refractivity contribution in [3.05, 3.63) is 105 Å². The Bertz CT molecular complexity index is 1460. The van der Waals surface area contributed by atoms with Crippen molar-refractivity contribution in [3.63, 3.8) is 0 Å². The molecule has 0 bridgehead atoms. The van der Waals surface area contributed by atoms with Gasteiger partial charge in [-0.15, -0.1) is 0 Å². The number of aryl methyl sites for hydroxylation is 1. The van der Waals surface area contributed by atoms with Gasteiger partial charge in [-0.05, 0) is 53.9 Å². The summed E-state index contributed by atoms with van der Waals surface area (Å²) in [6.07, 6.45) is 0. The predicted molar refractivity (Wildman–Crippen MR) is 143 cm³/mol. The molecule has 37 heavy (non-hydrogen) atoms. The van der Waals surface area contributed by atoms with Crippen LogP contribution in [0.3, 0.4) is 0 Å². The minimum atomic E-state index is -0.378. The van der Waals surface area contributed by atoms with Gasteiger partial charge in [0.25, 0.3) is 5.91 Å². The van der Waals surface area contributed by atoms with Crippen LogP contribution in [-0.4, -0.2) is 44.2 Å². The predicted octanol–water partition coefficient (Wildman–Crippen LogP) is 4.79. The first-order valence-electron chi connectivity index (χ1n) is 12.4. The van der Waals surface area contributed by atoms with E-state index in [9.17, 15) is 9.59 Å². The van der Waals surface area contributed by atoms with Crippen LogP contribution in [0.4, 0.5) is 5.69 Å². The summed E-state index contributed by atoms with van der Waals surface area (Å²) in [6, 6.07) is 22.6. The standard InChI is InChI=1S/C30H30N2O5/c1-21-17-29(33)37-28-18-25(11-12-26(21)28)36-20-22-7-9-23(10-8-22)30(34)31(2)19-24-5-3-4-6-27(24)32-13-15-35-16-14-32/h3-12,17-18H,13-16,19-20H2,1-2H3. The van der Waals surface area contributed by atoms with Gasteiger partial charge >= 0.3 is 5.63 Å². The van der Waals surface area contributed by atoms with Crippen LogP contribution in [-0.2, 0) is 17.9 Å². The van der Waals surface area contributed by atoms with E-state index in [0.717, 1.165) is 54.1 Å². The molecule has 0 spiro atoms. The summed E-state index contributed by atoms with van der Waals surface area (Å²) >= 11 is 0. The minimum Gasteiger partial charge on any atom is -0.489 e. The van der Waals surface area contributed by atoms with Gasteiger partial charge in [-0.3, -0.25) is 4.79 Å². The van der Waals surface area contributed by atoms with Gasteiger partial charge in [0.05, 0.1) is 13.2 Å². The number of carbonyl (C=O) groups is 1. The number of morpholine rings is 1. The van der Waals surface area contributed by atoms with Gasteiger partial charge < -0.3 is 23.7 Å². The highest BCUT2D eigenvalue weighted by Crippen LogP contribution is 2.24. The first-order chi connectivity index (χ1) is 18.0. The fourth-order valence-electron chi connectivity index (χ4n) is 4.61. The van der Waals surface area contributed by atoms with Crippen molar-refractivity contribution in [1.82, 2.24) is 4.90 Å². The Morgan fingerprint density at radius 3 is 2.54 bits per heavy atom. The summed E-state index contributed by atoms with van der Waals surface area (Å²) in [5.74, 6) is 0.573. The summed E-state index contributed by atoms with van der Waals surface area (Å²) in [6.45, 7) is 5.87. The molecule has 4 aromatic rings. The lowest BCUT2D eigenvalue weighted by Gasteiger charge is -2.31. The van der Waals surface area contributed by atoms with Crippen molar-refractivity contribution < 1.29 is 18.7 Å². The number of para-hydroxylation sites is 1. The Balaban J connectivity index is 1.22. The van der Waals surface area contributed by atoms with Crippen LogP contribution in [0.25, 0.3) is 11.0 Å². The van der Waals surface area contributed by atoms with E-state index >= 15 is 0 Å². The molecule has 1 amide bonds. The second-order valence-corrected chi connectivity index (χ2v) is 9.28. The summed E-state index contributed by atoms with van der Waals surface area (Å²) < 4.78 is 16.7. The van der Waals surface area contributed by atoms with Gasteiger partial charge in [-0.2, -0.15) is 0 Å². The van der Waals surface area contributed by atoms with E-state index in [4.69, 9.17) is 13.9 Å². The number of rotatable bonds is 7. The van der Waals surface area contributed by atoms with Gasteiger partial charge in [-0.25, -0.2) is 4.79 Å². The molecular formula is C30H30N2O5. The fraction of sp³-hybridized carbons (Fsp3) is 0.267. The van der Waals surface area contributed by atoms with Crippen LogP contribution in [0.5, 0.6) is 5.75 Å². The van der Waals surface area contributed by atoms with Crippen LogP contribution in [0.15, 0.2) is 82.0 Å². The number of carbonyl (C=O) groups excluding carboxylic acids is 1. The Labute approximate surface area is 215 Å². The Morgan fingerprint density at radius 1 is 1.00 bits per heavy atom. The lowest BCUT2D eigenvalue weighted by atomic mass is 10.1. The van der Waals surface area contributed by atoms with E-state index in [2.05, 4.69) is 17.0 Å². The van der Waals surface area contributed by atoms with E-state index in [1.165, 1.54) is 6.07 Å². The van der Waals surface area contributed by atoms with Crippen molar-refractivity contribution in [2.24, 2.45) is 0 Å². The number of ether oxygens (including phenoxy) is 2. The number of benzene rings is 3. The average molecular weight is 499 g/mol. The minimum absolute atomic E-state index is 0.0378. The molecule has 1 saturated heterocycles. The molecule has 0 saturated carbocycles. The van der Waals surface area contributed by atoms with Gasteiger partial charge in [0, 0.05) is 55.5 Å². The average Bonchev–Trinajstić information content (AvgIpc) is 2.92.